The average molecular weight is 289 g/mol. The Balaban J connectivity index is 1.76. The molecule has 0 spiro atoms. The Morgan fingerprint density at radius 2 is 2.10 bits per heavy atom. The van der Waals surface area contributed by atoms with Crippen LogP contribution < -0.4 is 4.74 Å². The zero-order valence-electron chi connectivity index (χ0n) is 12.7. The first-order valence-corrected chi connectivity index (χ1v) is 7.84. The summed E-state index contributed by atoms with van der Waals surface area (Å²) >= 11 is 0. The third-order valence-electron chi connectivity index (χ3n) is 5.03. The van der Waals surface area contributed by atoms with Gasteiger partial charge in [-0.25, -0.2) is 0 Å². The van der Waals surface area contributed by atoms with Crippen molar-refractivity contribution in [3.8, 4) is 5.75 Å². The van der Waals surface area contributed by atoms with Crippen LogP contribution in [0.3, 0.4) is 0 Å². The molecule has 114 valence electrons. The average Bonchev–Trinajstić information content (AvgIpc) is 3.05. The second kappa shape index (κ2) is 5.68. The van der Waals surface area contributed by atoms with Gasteiger partial charge in [0.1, 0.15) is 5.75 Å². The van der Waals surface area contributed by atoms with E-state index in [-0.39, 0.29) is 18.0 Å². The number of carboxylic acid groups (broad SMARTS) is 1. The number of nitrogens with zero attached hydrogens (tertiary/aromatic N) is 1. The molecule has 1 aromatic rings. The monoisotopic (exact) mass is 289 g/mol. The van der Waals surface area contributed by atoms with Crippen LogP contribution in [0.5, 0.6) is 5.75 Å². The van der Waals surface area contributed by atoms with Crippen LogP contribution in [0.25, 0.3) is 0 Å². The molecule has 0 aliphatic carbocycles. The van der Waals surface area contributed by atoms with Crippen LogP contribution in [0.2, 0.25) is 0 Å². The van der Waals surface area contributed by atoms with E-state index in [1.165, 1.54) is 5.56 Å². The lowest BCUT2D eigenvalue weighted by molar-refractivity contribution is -0.142. The first-order chi connectivity index (χ1) is 10.1. The number of aliphatic carboxylic acids is 1. The highest BCUT2D eigenvalue weighted by Crippen LogP contribution is 2.46. The predicted molar refractivity (Wildman–Crippen MR) is 80.4 cm³/mol. The van der Waals surface area contributed by atoms with Gasteiger partial charge in [-0.1, -0.05) is 12.1 Å². The van der Waals surface area contributed by atoms with Crippen molar-refractivity contribution in [3.63, 3.8) is 0 Å². The quantitative estimate of drug-likeness (QED) is 0.905. The van der Waals surface area contributed by atoms with Crippen molar-refractivity contribution in [3.05, 3.63) is 29.8 Å². The summed E-state index contributed by atoms with van der Waals surface area (Å²) in [7, 11) is 0. The molecule has 0 saturated carbocycles. The van der Waals surface area contributed by atoms with E-state index in [2.05, 4.69) is 24.0 Å². The summed E-state index contributed by atoms with van der Waals surface area (Å²) in [4.78, 5) is 13.8. The lowest BCUT2D eigenvalue weighted by Crippen LogP contribution is -2.34. The molecule has 2 fully saturated rings. The fraction of sp³-hybridized carbons (Fsp3) is 0.588. The Morgan fingerprint density at radius 1 is 1.38 bits per heavy atom. The number of rotatable bonds is 5. The third kappa shape index (κ3) is 2.53. The van der Waals surface area contributed by atoms with Crippen molar-refractivity contribution in [2.24, 2.45) is 5.92 Å². The lowest BCUT2D eigenvalue weighted by Gasteiger charge is -2.30. The van der Waals surface area contributed by atoms with Crippen LogP contribution in [0.1, 0.15) is 44.7 Å². The van der Waals surface area contributed by atoms with Crippen LogP contribution in [-0.2, 0) is 4.79 Å². The summed E-state index contributed by atoms with van der Waals surface area (Å²) in [5, 5.41) is 9.36. The molecule has 2 aliphatic heterocycles. The molecule has 0 amide bonds. The van der Waals surface area contributed by atoms with Gasteiger partial charge in [0.15, 0.2) is 0 Å². The Morgan fingerprint density at radius 3 is 2.67 bits per heavy atom. The maximum absolute atomic E-state index is 11.4. The van der Waals surface area contributed by atoms with E-state index in [0.29, 0.717) is 12.6 Å². The number of carboxylic acids is 1. The maximum atomic E-state index is 11.4. The minimum Gasteiger partial charge on any atom is -0.494 e. The van der Waals surface area contributed by atoms with Crippen molar-refractivity contribution >= 4 is 5.97 Å². The number of hydrogen-bond donors (Lipinski definition) is 1. The van der Waals surface area contributed by atoms with Crippen LogP contribution in [0.15, 0.2) is 24.3 Å². The highest BCUT2D eigenvalue weighted by Gasteiger charge is 2.50. The molecule has 2 aliphatic rings. The number of benzene rings is 1. The number of hydrogen-bond acceptors (Lipinski definition) is 3. The van der Waals surface area contributed by atoms with Crippen molar-refractivity contribution in [1.82, 2.24) is 4.90 Å². The molecule has 0 radical (unpaired) electrons. The van der Waals surface area contributed by atoms with Gasteiger partial charge < -0.3 is 9.84 Å². The summed E-state index contributed by atoms with van der Waals surface area (Å²) in [5.41, 5.74) is 1.24. The smallest absolute Gasteiger partial charge is 0.308 e. The van der Waals surface area contributed by atoms with Crippen LogP contribution in [0, 0.1) is 5.92 Å². The Hall–Kier alpha value is -1.55. The standard InChI is InChI=1S/C17H23NO3/c1-3-21-14-7-4-12(5-8-14)11(2)18-13-6-9-16(18)15(10-13)17(19)20/h4-5,7-8,11,13,15-16H,3,6,9-10H2,1-2H3,(H,19,20). The fourth-order valence-corrected chi connectivity index (χ4v) is 4.08. The largest absolute Gasteiger partial charge is 0.494 e. The molecule has 0 aromatic heterocycles. The molecule has 2 saturated heterocycles. The molecule has 2 bridgehead atoms. The summed E-state index contributed by atoms with van der Waals surface area (Å²) in [6.07, 6.45) is 2.96. The van der Waals surface area contributed by atoms with Gasteiger partial charge in [-0.05, 0) is 50.8 Å². The van der Waals surface area contributed by atoms with Gasteiger partial charge in [-0.15, -0.1) is 0 Å². The van der Waals surface area contributed by atoms with Crippen molar-refractivity contribution in [1.29, 1.82) is 0 Å². The van der Waals surface area contributed by atoms with Crippen LogP contribution in [-0.4, -0.2) is 34.7 Å². The van der Waals surface area contributed by atoms with E-state index in [1.807, 2.05) is 19.1 Å². The highest BCUT2D eigenvalue weighted by atomic mass is 16.5. The minimum atomic E-state index is -0.633. The second-order valence-corrected chi connectivity index (χ2v) is 6.10. The van der Waals surface area contributed by atoms with Gasteiger partial charge >= 0.3 is 5.97 Å². The lowest BCUT2D eigenvalue weighted by atomic mass is 9.89. The zero-order valence-corrected chi connectivity index (χ0v) is 12.7. The van der Waals surface area contributed by atoms with Gasteiger partial charge in [0.25, 0.3) is 0 Å². The molecule has 4 atom stereocenters. The molecule has 1 N–H and O–H groups in total. The molecule has 4 heteroatoms. The van der Waals surface area contributed by atoms with E-state index in [1.54, 1.807) is 0 Å². The van der Waals surface area contributed by atoms with E-state index < -0.39 is 5.97 Å². The van der Waals surface area contributed by atoms with Gasteiger partial charge in [0.2, 0.25) is 0 Å². The number of ether oxygens (including phenoxy) is 1. The van der Waals surface area contributed by atoms with E-state index in [9.17, 15) is 9.90 Å². The van der Waals surface area contributed by atoms with Gasteiger partial charge in [0, 0.05) is 18.1 Å². The first-order valence-electron chi connectivity index (χ1n) is 7.84. The Kier molecular flexibility index (Phi) is 3.89. The van der Waals surface area contributed by atoms with Crippen molar-refractivity contribution < 1.29 is 14.6 Å². The molecular formula is C17H23NO3. The van der Waals surface area contributed by atoms with Gasteiger partial charge in [-0.2, -0.15) is 0 Å². The second-order valence-electron chi connectivity index (χ2n) is 6.10. The molecular weight excluding hydrogens is 266 g/mol. The Labute approximate surface area is 125 Å². The summed E-state index contributed by atoms with van der Waals surface area (Å²) in [6.45, 7) is 4.83. The summed E-state index contributed by atoms with van der Waals surface area (Å²) < 4.78 is 5.48. The maximum Gasteiger partial charge on any atom is 0.308 e. The van der Waals surface area contributed by atoms with Crippen LogP contribution >= 0.6 is 0 Å². The normalized spacial score (nSPS) is 29.5. The molecule has 4 unspecified atom stereocenters. The predicted octanol–water partition coefficient (Wildman–Crippen LogP) is 3.08. The zero-order chi connectivity index (χ0) is 15.0. The van der Waals surface area contributed by atoms with Crippen LogP contribution in [0.4, 0.5) is 0 Å². The van der Waals surface area contributed by atoms with Gasteiger partial charge in [0.05, 0.1) is 12.5 Å². The molecule has 3 rings (SSSR count). The number of carbonyl (C=O) groups is 1. The Bertz CT molecular complexity index is 513. The third-order valence-corrected chi connectivity index (χ3v) is 5.03. The molecule has 21 heavy (non-hydrogen) atoms. The topological polar surface area (TPSA) is 49.8 Å². The minimum absolute atomic E-state index is 0.186. The molecule has 2 heterocycles. The van der Waals surface area contributed by atoms with Crippen molar-refractivity contribution in [2.75, 3.05) is 6.61 Å². The van der Waals surface area contributed by atoms with E-state index >= 15 is 0 Å². The van der Waals surface area contributed by atoms with Gasteiger partial charge in [-0.3, -0.25) is 9.69 Å². The van der Waals surface area contributed by atoms with E-state index in [4.69, 9.17) is 4.74 Å². The molecule has 4 nitrogen and oxygen atoms in total. The fourth-order valence-electron chi connectivity index (χ4n) is 4.08. The highest BCUT2D eigenvalue weighted by molar-refractivity contribution is 5.71. The van der Waals surface area contributed by atoms with E-state index in [0.717, 1.165) is 25.0 Å². The van der Waals surface area contributed by atoms with Crippen molar-refractivity contribution in [2.45, 2.75) is 51.2 Å². The summed E-state index contributed by atoms with van der Waals surface area (Å²) in [5.74, 6) is 0.0706. The number of fused-ring (bicyclic) bond motifs is 2. The first kappa shape index (κ1) is 14.4. The summed E-state index contributed by atoms with van der Waals surface area (Å²) in [6, 6.07) is 9.10. The molecule has 1 aromatic carbocycles. The SMILES string of the molecule is CCOc1ccc(C(C)N2C3CCC2C(C(=O)O)C3)cc1.